The highest BCUT2D eigenvalue weighted by atomic mass is 32.2. The SMILES string of the molecule is COCc1ccc2cc(O)c(N3CC(=O)NS3(=O)=O)c(F)c2c1. The van der Waals surface area contributed by atoms with Crippen molar-refractivity contribution in [2.45, 2.75) is 6.61 Å². The van der Waals surface area contributed by atoms with E-state index in [4.69, 9.17) is 4.74 Å². The second kappa shape index (κ2) is 5.36. The first-order chi connectivity index (χ1) is 10.8. The minimum Gasteiger partial charge on any atom is -0.506 e. The molecule has 0 bridgehead atoms. The third-order valence-corrected chi connectivity index (χ3v) is 4.86. The van der Waals surface area contributed by atoms with E-state index in [9.17, 15) is 22.7 Å². The molecule has 2 N–H and O–H groups in total. The average Bonchev–Trinajstić information content (AvgIpc) is 2.73. The minimum absolute atomic E-state index is 0.127. The first kappa shape index (κ1) is 15.5. The second-order valence-electron chi connectivity index (χ2n) is 5.08. The number of phenolic OH excluding ortho intramolecular Hbond substituents is 1. The smallest absolute Gasteiger partial charge is 0.326 e. The van der Waals surface area contributed by atoms with Gasteiger partial charge in [0.05, 0.1) is 6.61 Å². The van der Waals surface area contributed by atoms with Crippen LogP contribution in [0, 0.1) is 5.82 Å². The van der Waals surface area contributed by atoms with E-state index in [1.54, 1.807) is 16.9 Å². The summed E-state index contributed by atoms with van der Waals surface area (Å²) in [7, 11) is -2.72. The van der Waals surface area contributed by atoms with Gasteiger partial charge in [0.15, 0.2) is 5.82 Å². The number of carbonyl (C=O) groups excluding carboxylic acids is 1. The number of carbonyl (C=O) groups is 1. The summed E-state index contributed by atoms with van der Waals surface area (Å²) in [6.07, 6.45) is 0. The van der Waals surface area contributed by atoms with Crippen molar-refractivity contribution in [2.75, 3.05) is 18.0 Å². The zero-order chi connectivity index (χ0) is 16.8. The number of anilines is 1. The van der Waals surface area contributed by atoms with Crippen LogP contribution in [-0.4, -0.2) is 33.1 Å². The fourth-order valence-electron chi connectivity index (χ4n) is 2.51. The third kappa shape index (κ3) is 2.57. The molecular formula is C14H13FN2O5S. The highest BCUT2D eigenvalue weighted by molar-refractivity contribution is 7.92. The van der Waals surface area contributed by atoms with Gasteiger partial charge in [0, 0.05) is 12.5 Å². The summed E-state index contributed by atoms with van der Waals surface area (Å²) in [6, 6.07) is 6.07. The van der Waals surface area contributed by atoms with Gasteiger partial charge in [0.2, 0.25) is 0 Å². The van der Waals surface area contributed by atoms with E-state index in [-0.39, 0.29) is 12.0 Å². The lowest BCUT2D eigenvalue weighted by Crippen LogP contribution is -2.30. The predicted octanol–water partition coefficient (Wildman–Crippen LogP) is 1.01. The summed E-state index contributed by atoms with van der Waals surface area (Å²) < 4.78 is 45.8. The highest BCUT2D eigenvalue weighted by Gasteiger charge is 2.37. The molecule has 1 aliphatic heterocycles. The van der Waals surface area contributed by atoms with Crippen LogP contribution in [-0.2, 0) is 26.3 Å². The van der Waals surface area contributed by atoms with Crippen molar-refractivity contribution in [1.29, 1.82) is 0 Å². The number of phenols is 1. The summed E-state index contributed by atoms with van der Waals surface area (Å²) in [4.78, 5) is 11.3. The maximum Gasteiger partial charge on any atom is 0.326 e. The van der Waals surface area contributed by atoms with Crippen molar-refractivity contribution in [3.63, 3.8) is 0 Å². The number of amides is 1. The van der Waals surface area contributed by atoms with Gasteiger partial charge in [-0.2, -0.15) is 8.42 Å². The topological polar surface area (TPSA) is 95.9 Å². The molecule has 0 radical (unpaired) electrons. The Bertz CT molecular complexity index is 913. The molecule has 0 saturated carbocycles. The number of aromatic hydroxyl groups is 1. The molecular weight excluding hydrogens is 327 g/mol. The van der Waals surface area contributed by atoms with Crippen LogP contribution < -0.4 is 9.03 Å². The van der Waals surface area contributed by atoms with Gasteiger partial charge in [0.25, 0.3) is 5.91 Å². The van der Waals surface area contributed by atoms with Gasteiger partial charge >= 0.3 is 10.2 Å². The van der Waals surface area contributed by atoms with E-state index in [0.29, 0.717) is 15.3 Å². The van der Waals surface area contributed by atoms with Gasteiger partial charge < -0.3 is 9.84 Å². The van der Waals surface area contributed by atoms with Gasteiger partial charge in [-0.1, -0.05) is 12.1 Å². The minimum atomic E-state index is -4.21. The number of nitrogens with one attached hydrogen (secondary N) is 1. The highest BCUT2D eigenvalue weighted by Crippen LogP contribution is 2.38. The lowest BCUT2D eigenvalue weighted by molar-refractivity contribution is -0.117. The molecule has 122 valence electrons. The van der Waals surface area contributed by atoms with Gasteiger partial charge in [-0.15, -0.1) is 0 Å². The van der Waals surface area contributed by atoms with E-state index in [1.165, 1.54) is 19.2 Å². The van der Waals surface area contributed by atoms with Crippen LogP contribution in [0.4, 0.5) is 10.1 Å². The first-order valence-corrected chi connectivity index (χ1v) is 8.04. The molecule has 0 atom stereocenters. The van der Waals surface area contributed by atoms with Crippen LogP contribution in [0.3, 0.4) is 0 Å². The Labute approximate surface area is 131 Å². The molecule has 3 rings (SSSR count). The maximum atomic E-state index is 14.8. The number of nitrogens with zero attached hydrogens (tertiary/aromatic N) is 1. The maximum absolute atomic E-state index is 14.8. The van der Waals surface area contributed by atoms with Crippen LogP contribution in [0.1, 0.15) is 5.56 Å². The normalized spacial score (nSPS) is 16.8. The number of rotatable bonds is 3. The molecule has 0 unspecified atom stereocenters. The zero-order valence-electron chi connectivity index (χ0n) is 12.0. The molecule has 1 saturated heterocycles. The zero-order valence-corrected chi connectivity index (χ0v) is 12.9. The summed E-state index contributed by atoms with van der Waals surface area (Å²) in [5, 5.41) is 10.6. The van der Waals surface area contributed by atoms with Crippen LogP contribution in [0.15, 0.2) is 24.3 Å². The fraction of sp³-hybridized carbons (Fsp3) is 0.214. The Morgan fingerprint density at radius 1 is 1.39 bits per heavy atom. The molecule has 9 heteroatoms. The Balaban J connectivity index is 2.23. The molecule has 0 aliphatic carbocycles. The van der Waals surface area contributed by atoms with Crippen molar-refractivity contribution < 1.29 is 27.4 Å². The number of benzene rings is 2. The molecule has 7 nitrogen and oxygen atoms in total. The molecule has 1 fully saturated rings. The average molecular weight is 340 g/mol. The lowest BCUT2D eigenvalue weighted by Gasteiger charge is -2.18. The summed E-state index contributed by atoms with van der Waals surface area (Å²) in [5.41, 5.74) is 0.138. The van der Waals surface area contributed by atoms with Gasteiger partial charge in [-0.25, -0.2) is 13.4 Å². The largest absolute Gasteiger partial charge is 0.506 e. The molecule has 0 spiro atoms. The molecule has 0 aromatic heterocycles. The van der Waals surface area contributed by atoms with Crippen LogP contribution in [0.25, 0.3) is 10.8 Å². The van der Waals surface area contributed by atoms with Crippen molar-refractivity contribution in [3.05, 3.63) is 35.6 Å². The van der Waals surface area contributed by atoms with E-state index in [2.05, 4.69) is 0 Å². The monoisotopic (exact) mass is 340 g/mol. The first-order valence-electron chi connectivity index (χ1n) is 6.60. The van der Waals surface area contributed by atoms with Crippen molar-refractivity contribution in [2.24, 2.45) is 0 Å². The predicted molar refractivity (Wildman–Crippen MR) is 80.7 cm³/mol. The van der Waals surface area contributed by atoms with Crippen LogP contribution in [0.5, 0.6) is 5.75 Å². The number of ether oxygens (including phenoxy) is 1. The third-order valence-electron chi connectivity index (χ3n) is 3.48. The Kier molecular flexibility index (Phi) is 3.61. The summed E-state index contributed by atoms with van der Waals surface area (Å²) >= 11 is 0. The van der Waals surface area contributed by atoms with Crippen LogP contribution >= 0.6 is 0 Å². The number of hydrogen-bond donors (Lipinski definition) is 2. The number of hydrogen-bond acceptors (Lipinski definition) is 5. The Hall–Kier alpha value is -2.39. The van der Waals surface area contributed by atoms with Crippen LogP contribution in [0.2, 0.25) is 0 Å². The van der Waals surface area contributed by atoms with Gasteiger partial charge in [-0.05, 0) is 23.1 Å². The fourth-order valence-corrected chi connectivity index (χ4v) is 3.68. The van der Waals surface area contributed by atoms with E-state index < -0.39 is 39.9 Å². The Morgan fingerprint density at radius 2 is 2.13 bits per heavy atom. The standard InChI is InChI=1S/C14H13FN2O5S/c1-22-7-8-2-3-9-5-11(18)14(13(15)10(9)4-8)17-6-12(19)16-23(17,20)21/h2-5,18H,6-7H2,1H3,(H,16,19). The molecule has 2 aromatic carbocycles. The quantitative estimate of drug-likeness (QED) is 0.869. The molecule has 1 aliphatic rings. The van der Waals surface area contributed by atoms with E-state index in [1.807, 2.05) is 0 Å². The summed E-state index contributed by atoms with van der Waals surface area (Å²) in [6.45, 7) is -0.330. The molecule has 23 heavy (non-hydrogen) atoms. The van der Waals surface area contributed by atoms with Gasteiger partial charge in [-0.3, -0.25) is 4.79 Å². The second-order valence-corrected chi connectivity index (χ2v) is 6.68. The van der Waals surface area contributed by atoms with E-state index in [0.717, 1.165) is 0 Å². The van der Waals surface area contributed by atoms with Crippen molar-refractivity contribution >= 4 is 32.6 Å². The molecule has 1 heterocycles. The van der Waals surface area contributed by atoms with Gasteiger partial charge in [0.1, 0.15) is 18.0 Å². The lowest BCUT2D eigenvalue weighted by atomic mass is 10.0. The Morgan fingerprint density at radius 3 is 2.74 bits per heavy atom. The van der Waals surface area contributed by atoms with Crippen molar-refractivity contribution in [1.82, 2.24) is 4.72 Å². The number of methoxy groups -OCH3 is 1. The number of fused-ring (bicyclic) bond motifs is 1. The number of halogens is 1. The van der Waals surface area contributed by atoms with Crippen molar-refractivity contribution in [3.8, 4) is 5.75 Å². The molecule has 2 aromatic rings. The van der Waals surface area contributed by atoms with E-state index >= 15 is 0 Å². The summed E-state index contributed by atoms with van der Waals surface area (Å²) in [5.74, 6) is -2.27. The molecule has 1 amide bonds.